The molecular weight excluding hydrogens is 300 g/mol. The summed E-state index contributed by atoms with van der Waals surface area (Å²) in [6, 6.07) is 6.88. The number of nitrogens with zero attached hydrogens (tertiary/aromatic N) is 1. The van der Waals surface area contributed by atoms with Crippen molar-refractivity contribution in [3.05, 3.63) is 34.9 Å². The minimum absolute atomic E-state index is 0.0242. The summed E-state index contributed by atoms with van der Waals surface area (Å²) in [5, 5.41) is 13.3. The Labute approximate surface area is 136 Å². The summed E-state index contributed by atoms with van der Waals surface area (Å²) in [7, 11) is 0. The molecular formula is C17H23ClN2O2. The van der Waals surface area contributed by atoms with Gasteiger partial charge in [-0.25, -0.2) is 0 Å². The van der Waals surface area contributed by atoms with Crippen LogP contribution in [-0.2, 0) is 4.79 Å². The Morgan fingerprint density at radius 2 is 1.91 bits per heavy atom. The van der Waals surface area contributed by atoms with Crippen molar-refractivity contribution in [3.8, 4) is 0 Å². The van der Waals surface area contributed by atoms with Crippen molar-refractivity contribution in [2.24, 2.45) is 5.92 Å². The van der Waals surface area contributed by atoms with Crippen LogP contribution in [0, 0.1) is 5.92 Å². The first kappa shape index (κ1) is 15.8. The first-order valence-electron chi connectivity index (χ1n) is 8.10. The van der Waals surface area contributed by atoms with Crippen LogP contribution in [0.2, 0.25) is 5.02 Å². The van der Waals surface area contributed by atoms with Gasteiger partial charge in [0.15, 0.2) is 0 Å². The quantitative estimate of drug-likeness (QED) is 0.845. The molecule has 2 fully saturated rings. The van der Waals surface area contributed by atoms with E-state index < -0.39 is 0 Å². The molecule has 2 aliphatic rings. The van der Waals surface area contributed by atoms with E-state index in [0.29, 0.717) is 10.9 Å². The molecule has 1 aromatic carbocycles. The predicted octanol–water partition coefficient (Wildman–Crippen LogP) is 2.36. The summed E-state index contributed by atoms with van der Waals surface area (Å²) in [6.07, 6.45) is 4.63. The lowest BCUT2D eigenvalue weighted by atomic mass is 10.1. The van der Waals surface area contributed by atoms with Gasteiger partial charge in [0.2, 0.25) is 5.91 Å². The number of hydrogen-bond donors (Lipinski definition) is 2. The zero-order chi connectivity index (χ0) is 15.5. The topological polar surface area (TPSA) is 52.6 Å². The van der Waals surface area contributed by atoms with Crippen LogP contribution in [-0.4, -0.2) is 41.7 Å². The van der Waals surface area contributed by atoms with E-state index in [1.807, 2.05) is 12.1 Å². The second kappa shape index (κ2) is 6.99. The predicted molar refractivity (Wildman–Crippen MR) is 86.7 cm³/mol. The number of rotatable bonds is 6. The number of nitrogens with one attached hydrogen (secondary N) is 1. The van der Waals surface area contributed by atoms with Gasteiger partial charge >= 0.3 is 0 Å². The summed E-state index contributed by atoms with van der Waals surface area (Å²) in [5.74, 6) is 0.543. The highest BCUT2D eigenvalue weighted by atomic mass is 35.5. The maximum atomic E-state index is 12.7. The molecule has 0 unspecified atom stereocenters. The van der Waals surface area contributed by atoms with Crippen molar-refractivity contribution in [1.82, 2.24) is 10.2 Å². The fourth-order valence-corrected chi connectivity index (χ4v) is 3.42. The third kappa shape index (κ3) is 3.62. The molecule has 4 nitrogen and oxygen atoms in total. The molecule has 1 heterocycles. The molecule has 0 radical (unpaired) electrons. The van der Waals surface area contributed by atoms with Gasteiger partial charge < -0.3 is 10.4 Å². The van der Waals surface area contributed by atoms with Crippen LogP contribution >= 0.6 is 11.6 Å². The summed E-state index contributed by atoms with van der Waals surface area (Å²) in [4.78, 5) is 15.0. The number of benzene rings is 1. The number of carbonyl (C=O) groups is 1. The zero-order valence-corrected chi connectivity index (χ0v) is 13.4. The van der Waals surface area contributed by atoms with Crippen molar-refractivity contribution in [2.75, 3.05) is 19.7 Å². The van der Waals surface area contributed by atoms with Gasteiger partial charge in [-0.15, -0.1) is 0 Å². The standard InChI is InChI=1S/C17H23ClN2O2/c18-14-7-5-12(6-8-14)15(11-21)19-17(22)16(13-3-4-13)20-9-1-2-10-20/h5-8,13,15-16,21H,1-4,9-11H2,(H,19,22)/t15-,16-/m0/s1. The summed E-state index contributed by atoms with van der Waals surface area (Å²) >= 11 is 5.90. The second-order valence-electron chi connectivity index (χ2n) is 6.32. The average Bonchev–Trinajstić information content (AvgIpc) is 3.20. The molecule has 1 saturated heterocycles. The van der Waals surface area contributed by atoms with Crippen LogP contribution < -0.4 is 5.32 Å². The van der Waals surface area contributed by atoms with Crippen molar-refractivity contribution >= 4 is 17.5 Å². The Morgan fingerprint density at radius 3 is 2.45 bits per heavy atom. The van der Waals surface area contributed by atoms with Crippen LogP contribution in [0.3, 0.4) is 0 Å². The fourth-order valence-electron chi connectivity index (χ4n) is 3.30. The van der Waals surface area contributed by atoms with E-state index in [-0.39, 0.29) is 24.6 Å². The lowest BCUT2D eigenvalue weighted by Gasteiger charge is -2.28. The third-order valence-electron chi connectivity index (χ3n) is 4.64. The molecule has 0 aromatic heterocycles. The SMILES string of the molecule is O=C(N[C@@H](CO)c1ccc(Cl)cc1)[C@H](C1CC1)N1CCCC1. The normalized spacial score (nSPS) is 21.5. The molecule has 5 heteroatoms. The Kier molecular flexibility index (Phi) is 5.01. The average molecular weight is 323 g/mol. The van der Waals surface area contributed by atoms with Gasteiger partial charge in [-0.05, 0) is 62.4 Å². The number of halogens is 1. The van der Waals surface area contributed by atoms with Gasteiger partial charge in [0.1, 0.15) is 0 Å². The lowest BCUT2D eigenvalue weighted by Crippen LogP contribution is -2.48. The Morgan fingerprint density at radius 1 is 1.27 bits per heavy atom. The Balaban J connectivity index is 1.68. The molecule has 22 heavy (non-hydrogen) atoms. The molecule has 1 aromatic rings. The molecule has 1 amide bonds. The smallest absolute Gasteiger partial charge is 0.238 e. The summed E-state index contributed by atoms with van der Waals surface area (Å²) in [5.41, 5.74) is 0.885. The Hall–Kier alpha value is -1.10. The molecule has 120 valence electrons. The molecule has 3 rings (SSSR count). The van der Waals surface area contributed by atoms with Crippen molar-refractivity contribution in [3.63, 3.8) is 0 Å². The number of amides is 1. The van der Waals surface area contributed by atoms with Gasteiger partial charge in [0.25, 0.3) is 0 Å². The maximum absolute atomic E-state index is 12.7. The number of aliphatic hydroxyl groups is 1. The van der Waals surface area contributed by atoms with Crippen LogP contribution in [0.25, 0.3) is 0 Å². The maximum Gasteiger partial charge on any atom is 0.238 e. The first-order valence-corrected chi connectivity index (χ1v) is 8.47. The molecule has 0 bridgehead atoms. The van der Waals surface area contributed by atoms with E-state index in [1.165, 1.54) is 12.8 Å². The number of hydrogen-bond acceptors (Lipinski definition) is 3. The monoisotopic (exact) mass is 322 g/mol. The van der Waals surface area contributed by atoms with Gasteiger partial charge in [-0.2, -0.15) is 0 Å². The molecule has 1 saturated carbocycles. The highest BCUT2D eigenvalue weighted by Crippen LogP contribution is 2.37. The molecule has 2 N–H and O–H groups in total. The van der Waals surface area contributed by atoms with E-state index >= 15 is 0 Å². The van der Waals surface area contributed by atoms with E-state index in [4.69, 9.17) is 11.6 Å². The summed E-state index contributed by atoms with van der Waals surface area (Å²) in [6.45, 7) is 1.92. The van der Waals surface area contributed by atoms with Gasteiger partial charge in [0, 0.05) is 5.02 Å². The van der Waals surface area contributed by atoms with E-state index in [2.05, 4.69) is 10.2 Å². The molecule has 1 aliphatic carbocycles. The van der Waals surface area contributed by atoms with E-state index in [1.54, 1.807) is 12.1 Å². The minimum Gasteiger partial charge on any atom is -0.394 e. The number of aliphatic hydroxyl groups excluding tert-OH is 1. The van der Waals surface area contributed by atoms with E-state index in [9.17, 15) is 9.90 Å². The Bertz CT molecular complexity index is 510. The third-order valence-corrected chi connectivity index (χ3v) is 4.89. The van der Waals surface area contributed by atoms with Gasteiger partial charge in [0.05, 0.1) is 18.7 Å². The fraction of sp³-hybridized carbons (Fsp3) is 0.588. The zero-order valence-electron chi connectivity index (χ0n) is 12.7. The van der Waals surface area contributed by atoms with E-state index in [0.717, 1.165) is 31.5 Å². The number of carbonyl (C=O) groups excluding carboxylic acids is 1. The summed E-state index contributed by atoms with van der Waals surface area (Å²) < 4.78 is 0. The van der Waals surface area contributed by atoms with Crippen LogP contribution in [0.15, 0.2) is 24.3 Å². The molecule has 0 spiro atoms. The number of likely N-dealkylation sites (tertiary alicyclic amines) is 1. The van der Waals surface area contributed by atoms with Gasteiger partial charge in [-0.3, -0.25) is 9.69 Å². The van der Waals surface area contributed by atoms with Crippen LogP contribution in [0.4, 0.5) is 0 Å². The minimum atomic E-state index is -0.367. The largest absolute Gasteiger partial charge is 0.394 e. The van der Waals surface area contributed by atoms with Crippen LogP contribution in [0.1, 0.15) is 37.3 Å². The highest BCUT2D eigenvalue weighted by Gasteiger charge is 2.41. The first-order chi connectivity index (χ1) is 10.7. The van der Waals surface area contributed by atoms with Gasteiger partial charge in [-0.1, -0.05) is 23.7 Å². The van der Waals surface area contributed by atoms with Crippen molar-refractivity contribution in [2.45, 2.75) is 37.8 Å². The van der Waals surface area contributed by atoms with Crippen LogP contribution in [0.5, 0.6) is 0 Å². The lowest BCUT2D eigenvalue weighted by molar-refractivity contribution is -0.128. The van der Waals surface area contributed by atoms with Crippen molar-refractivity contribution < 1.29 is 9.90 Å². The molecule has 1 aliphatic heterocycles. The highest BCUT2D eigenvalue weighted by molar-refractivity contribution is 6.30. The van der Waals surface area contributed by atoms with Crippen molar-refractivity contribution in [1.29, 1.82) is 0 Å². The second-order valence-corrected chi connectivity index (χ2v) is 6.76. The molecule has 2 atom stereocenters.